The van der Waals surface area contributed by atoms with Gasteiger partial charge >= 0.3 is 5.97 Å². The normalized spacial score (nSPS) is 11.4. The highest BCUT2D eigenvalue weighted by molar-refractivity contribution is 7.92. The number of aromatic nitrogens is 2. The van der Waals surface area contributed by atoms with Gasteiger partial charge in [-0.05, 0) is 66.6 Å². The Hall–Kier alpha value is -4.23. The van der Waals surface area contributed by atoms with E-state index >= 15 is 0 Å². The highest BCUT2D eigenvalue weighted by Crippen LogP contribution is 2.30. The van der Waals surface area contributed by atoms with Gasteiger partial charge in [0.25, 0.3) is 10.0 Å². The average molecular weight is 507 g/mol. The quantitative estimate of drug-likeness (QED) is 0.358. The monoisotopic (exact) mass is 506 g/mol. The fourth-order valence-corrected chi connectivity index (χ4v) is 5.39. The third-order valence-corrected chi connectivity index (χ3v) is 7.46. The van der Waals surface area contributed by atoms with Crippen molar-refractivity contribution in [1.29, 1.82) is 5.26 Å². The van der Waals surface area contributed by atoms with Gasteiger partial charge in [-0.3, -0.25) is 9.10 Å². The van der Waals surface area contributed by atoms with Crippen LogP contribution in [0.3, 0.4) is 0 Å². The van der Waals surface area contributed by atoms with Crippen LogP contribution < -0.4 is 4.31 Å². The third-order valence-electron chi connectivity index (χ3n) is 5.68. The van der Waals surface area contributed by atoms with Crippen molar-refractivity contribution in [2.45, 2.75) is 37.8 Å². The fraction of sp³-hybridized carbons (Fsp3) is 0.192. The number of rotatable bonds is 9. The first-order valence-electron chi connectivity index (χ1n) is 11.2. The number of nitrogens with zero attached hydrogens (tertiary/aromatic N) is 4. The number of anilines is 1. The first-order valence-corrected chi connectivity index (χ1v) is 12.6. The van der Waals surface area contributed by atoms with E-state index in [-0.39, 0.29) is 18.0 Å². The number of halogens is 1. The number of carboxylic acids is 1. The molecular weight excluding hydrogens is 483 g/mol. The largest absolute Gasteiger partial charge is 0.480 e. The zero-order chi connectivity index (χ0) is 25.9. The number of hydrogen-bond donors (Lipinski definition) is 1. The molecule has 184 valence electrons. The lowest BCUT2D eigenvalue weighted by Crippen LogP contribution is -2.30. The van der Waals surface area contributed by atoms with E-state index in [4.69, 9.17) is 5.26 Å². The molecule has 3 aromatic carbocycles. The third kappa shape index (κ3) is 5.06. The summed E-state index contributed by atoms with van der Waals surface area (Å²) < 4.78 is 43.7. The Labute approximate surface area is 207 Å². The zero-order valence-electron chi connectivity index (χ0n) is 19.4. The van der Waals surface area contributed by atoms with Crippen LogP contribution >= 0.6 is 0 Å². The van der Waals surface area contributed by atoms with Gasteiger partial charge in [-0.1, -0.05) is 19.1 Å². The second kappa shape index (κ2) is 10.2. The van der Waals surface area contributed by atoms with Gasteiger partial charge in [0, 0.05) is 6.42 Å². The van der Waals surface area contributed by atoms with Crippen molar-refractivity contribution in [1.82, 2.24) is 9.55 Å². The number of sulfonamides is 1. The molecule has 0 aliphatic rings. The van der Waals surface area contributed by atoms with E-state index < -0.39 is 21.8 Å². The van der Waals surface area contributed by atoms with Crippen LogP contribution in [0.25, 0.3) is 11.0 Å². The van der Waals surface area contributed by atoms with Crippen LogP contribution in [0.1, 0.15) is 30.3 Å². The van der Waals surface area contributed by atoms with E-state index in [2.05, 4.69) is 4.98 Å². The first kappa shape index (κ1) is 24.9. The summed E-state index contributed by atoms with van der Waals surface area (Å²) in [6.45, 7) is 1.66. The van der Waals surface area contributed by atoms with Crippen LogP contribution in [0.4, 0.5) is 10.1 Å². The molecule has 1 heterocycles. The predicted molar refractivity (Wildman–Crippen MR) is 132 cm³/mol. The number of hydrogen-bond acceptors (Lipinski definition) is 5. The minimum Gasteiger partial charge on any atom is -0.480 e. The van der Waals surface area contributed by atoms with Crippen molar-refractivity contribution in [2.75, 3.05) is 4.31 Å². The van der Waals surface area contributed by atoms with E-state index in [1.54, 1.807) is 47.0 Å². The number of carboxylic acid groups (broad SMARTS) is 1. The van der Waals surface area contributed by atoms with Crippen molar-refractivity contribution >= 4 is 32.7 Å². The molecule has 0 bridgehead atoms. The summed E-state index contributed by atoms with van der Waals surface area (Å²) in [6, 6.07) is 18.0. The van der Waals surface area contributed by atoms with E-state index in [0.29, 0.717) is 40.1 Å². The average Bonchev–Trinajstić information content (AvgIpc) is 3.18. The van der Waals surface area contributed by atoms with E-state index in [1.807, 2.05) is 13.0 Å². The van der Waals surface area contributed by atoms with Crippen LogP contribution in [0.2, 0.25) is 0 Å². The van der Waals surface area contributed by atoms with Gasteiger partial charge in [0.1, 0.15) is 18.2 Å². The van der Waals surface area contributed by atoms with Crippen LogP contribution in [0, 0.1) is 17.1 Å². The van der Waals surface area contributed by atoms with Crippen LogP contribution in [-0.2, 0) is 34.3 Å². The van der Waals surface area contributed by atoms with Crippen molar-refractivity contribution < 1.29 is 22.7 Å². The number of aliphatic carboxylic acids is 1. The maximum absolute atomic E-state index is 13.7. The Kier molecular flexibility index (Phi) is 7.03. The van der Waals surface area contributed by atoms with E-state index in [9.17, 15) is 22.7 Å². The lowest BCUT2D eigenvalue weighted by atomic mass is 10.1. The van der Waals surface area contributed by atoms with Gasteiger partial charge in [-0.15, -0.1) is 0 Å². The molecule has 1 aromatic heterocycles. The SMILES string of the molecule is CCCc1nc2cc(N(Cc3ccc(C#N)cc3)S(=O)(=O)c3ccc(F)cc3)ccc2n1CC(=O)O. The molecule has 0 radical (unpaired) electrons. The predicted octanol–water partition coefficient (Wildman–Crippen LogP) is 4.48. The summed E-state index contributed by atoms with van der Waals surface area (Å²) in [5.41, 5.74) is 2.46. The molecule has 10 heteroatoms. The van der Waals surface area contributed by atoms with Crippen LogP contribution in [0.5, 0.6) is 0 Å². The van der Waals surface area contributed by atoms with Gasteiger partial charge in [0.15, 0.2) is 0 Å². The van der Waals surface area contributed by atoms with Gasteiger partial charge in [-0.25, -0.2) is 17.8 Å². The molecule has 0 aliphatic heterocycles. The molecule has 4 aromatic rings. The van der Waals surface area contributed by atoms with Crippen molar-refractivity contribution in [3.8, 4) is 6.07 Å². The number of fused-ring (bicyclic) bond motifs is 1. The highest BCUT2D eigenvalue weighted by atomic mass is 32.2. The second-order valence-corrected chi connectivity index (χ2v) is 10.1. The minimum absolute atomic E-state index is 0.0470. The number of imidazole rings is 1. The lowest BCUT2D eigenvalue weighted by Gasteiger charge is -2.25. The standard InChI is InChI=1S/C26H23FN4O4S/c1-2-3-25-29-23-14-21(10-13-24(23)30(25)17-26(32)33)31(16-19-6-4-18(15-28)5-7-19)36(34,35)22-11-8-20(27)9-12-22/h4-14H,2-3,16-17H2,1H3,(H,32,33). The Morgan fingerprint density at radius 3 is 2.42 bits per heavy atom. The molecule has 0 spiro atoms. The van der Waals surface area contributed by atoms with Crippen molar-refractivity contribution in [2.24, 2.45) is 0 Å². The molecule has 0 amide bonds. The number of nitriles is 1. The summed E-state index contributed by atoms with van der Waals surface area (Å²) in [6.07, 6.45) is 1.33. The Morgan fingerprint density at radius 2 is 1.81 bits per heavy atom. The molecule has 0 saturated carbocycles. The molecule has 4 rings (SSSR count). The lowest BCUT2D eigenvalue weighted by molar-refractivity contribution is -0.137. The van der Waals surface area contributed by atoms with Gasteiger partial charge in [-0.2, -0.15) is 5.26 Å². The summed E-state index contributed by atoms with van der Waals surface area (Å²) in [4.78, 5) is 15.9. The molecule has 0 fully saturated rings. The van der Waals surface area contributed by atoms with E-state index in [0.717, 1.165) is 18.6 Å². The highest BCUT2D eigenvalue weighted by Gasteiger charge is 2.26. The van der Waals surface area contributed by atoms with Crippen LogP contribution in [0.15, 0.2) is 71.6 Å². The topological polar surface area (TPSA) is 116 Å². The first-order chi connectivity index (χ1) is 17.2. The second-order valence-electron chi connectivity index (χ2n) is 8.21. The Bertz CT molecular complexity index is 1560. The molecule has 8 nitrogen and oxygen atoms in total. The summed E-state index contributed by atoms with van der Waals surface area (Å²) >= 11 is 0. The smallest absolute Gasteiger partial charge is 0.323 e. The molecular formula is C26H23FN4O4S. The molecule has 0 atom stereocenters. The van der Waals surface area contributed by atoms with Crippen molar-refractivity contribution in [3.05, 3.63) is 89.5 Å². The van der Waals surface area contributed by atoms with Gasteiger partial charge in [0.2, 0.25) is 0 Å². The van der Waals surface area contributed by atoms with Gasteiger partial charge in [0.05, 0.1) is 39.8 Å². The number of benzene rings is 3. The number of carbonyl (C=O) groups is 1. The maximum atomic E-state index is 13.7. The maximum Gasteiger partial charge on any atom is 0.323 e. The minimum atomic E-state index is -4.11. The van der Waals surface area contributed by atoms with Crippen molar-refractivity contribution in [3.63, 3.8) is 0 Å². The summed E-state index contributed by atoms with van der Waals surface area (Å²) in [5, 5.41) is 18.4. The molecule has 0 unspecified atom stereocenters. The van der Waals surface area contributed by atoms with Gasteiger partial charge < -0.3 is 9.67 Å². The molecule has 1 N–H and O–H groups in total. The fourth-order valence-electron chi connectivity index (χ4n) is 3.95. The summed E-state index contributed by atoms with van der Waals surface area (Å²) in [7, 11) is -4.11. The van der Waals surface area contributed by atoms with E-state index in [1.165, 1.54) is 16.4 Å². The molecule has 36 heavy (non-hydrogen) atoms. The Morgan fingerprint density at radius 1 is 1.11 bits per heavy atom. The van der Waals surface area contributed by atoms with Crippen LogP contribution in [-0.4, -0.2) is 29.0 Å². The molecule has 0 aliphatic carbocycles. The molecule has 0 saturated heterocycles. The Balaban J connectivity index is 1.84. The summed E-state index contributed by atoms with van der Waals surface area (Å²) in [5.74, 6) is -0.953. The zero-order valence-corrected chi connectivity index (χ0v) is 20.2. The number of aryl methyl sites for hydroxylation is 1.